The molecule has 0 unspecified atom stereocenters. The molecule has 0 radical (unpaired) electrons. The van der Waals surface area contributed by atoms with Gasteiger partial charge in [0.2, 0.25) is 0 Å². The van der Waals surface area contributed by atoms with Crippen molar-refractivity contribution in [1.29, 1.82) is 5.26 Å². The highest BCUT2D eigenvalue weighted by Gasteiger charge is 2.12. The topological polar surface area (TPSA) is 128 Å². The lowest BCUT2D eigenvalue weighted by atomic mass is 10.1. The van der Waals surface area contributed by atoms with Crippen LogP contribution in [-0.2, 0) is 19.1 Å². The second-order valence-corrected chi connectivity index (χ2v) is 4.42. The van der Waals surface area contributed by atoms with Crippen LogP contribution in [-0.4, -0.2) is 59.3 Å². The number of hydrogen-bond donors (Lipinski definition) is 2. The van der Waals surface area contributed by atoms with Gasteiger partial charge in [-0.15, -0.1) is 0 Å². The highest BCUT2D eigenvalue weighted by molar-refractivity contribution is 6.27. The standard InChI is InChI=1S/C12H18N2O2.C2H2O4/c1-2-16-12(15)6-4-8-14-7-3-5-11(9-13)10-14;3-1(4)2(5)6/h5H,2-4,6-8,10H2,1H3;(H,3,4)(H,5,6). The summed E-state index contributed by atoms with van der Waals surface area (Å²) in [6.45, 7) is 4.82. The number of carbonyl (C=O) groups is 3. The lowest BCUT2D eigenvalue weighted by Crippen LogP contribution is -2.31. The third-order valence-corrected chi connectivity index (χ3v) is 2.72. The molecule has 0 aromatic rings. The van der Waals surface area contributed by atoms with Crippen LogP contribution in [0, 0.1) is 11.3 Å². The lowest BCUT2D eigenvalue weighted by Gasteiger charge is -2.24. The van der Waals surface area contributed by atoms with Gasteiger partial charge < -0.3 is 14.9 Å². The maximum atomic E-state index is 11.1. The second-order valence-electron chi connectivity index (χ2n) is 4.42. The summed E-state index contributed by atoms with van der Waals surface area (Å²) in [7, 11) is 0. The van der Waals surface area contributed by atoms with Crippen molar-refractivity contribution in [3.63, 3.8) is 0 Å². The highest BCUT2D eigenvalue weighted by atomic mass is 16.5. The van der Waals surface area contributed by atoms with Crippen molar-refractivity contribution >= 4 is 17.9 Å². The van der Waals surface area contributed by atoms with E-state index in [1.165, 1.54) is 0 Å². The van der Waals surface area contributed by atoms with Gasteiger partial charge in [0.05, 0.1) is 12.7 Å². The minimum absolute atomic E-state index is 0.129. The van der Waals surface area contributed by atoms with Gasteiger partial charge in [-0.05, 0) is 26.3 Å². The highest BCUT2D eigenvalue weighted by Crippen LogP contribution is 2.09. The zero-order valence-electron chi connectivity index (χ0n) is 12.4. The van der Waals surface area contributed by atoms with Gasteiger partial charge in [0, 0.05) is 25.1 Å². The molecule has 1 heterocycles. The molecule has 22 heavy (non-hydrogen) atoms. The molecule has 8 nitrogen and oxygen atoms in total. The summed E-state index contributed by atoms with van der Waals surface area (Å²) in [6.07, 6.45) is 4.19. The molecule has 0 aliphatic carbocycles. The molecule has 8 heteroatoms. The number of esters is 1. The number of carboxylic acid groups (broad SMARTS) is 2. The van der Waals surface area contributed by atoms with Gasteiger partial charge >= 0.3 is 17.9 Å². The average molecular weight is 312 g/mol. The molecule has 122 valence electrons. The van der Waals surface area contributed by atoms with E-state index < -0.39 is 11.9 Å². The van der Waals surface area contributed by atoms with Gasteiger partial charge in [0.1, 0.15) is 0 Å². The average Bonchev–Trinajstić information content (AvgIpc) is 2.48. The first-order valence-electron chi connectivity index (χ1n) is 6.84. The summed E-state index contributed by atoms with van der Waals surface area (Å²) in [6, 6.07) is 2.18. The quantitative estimate of drug-likeness (QED) is 0.559. The molecular formula is C14H20N2O6. The summed E-state index contributed by atoms with van der Waals surface area (Å²) < 4.78 is 4.85. The van der Waals surface area contributed by atoms with E-state index in [0.717, 1.165) is 38.0 Å². The lowest BCUT2D eigenvalue weighted by molar-refractivity contribution is -0.159. The van der Waals surface area contributed by atoms with Crippen LogP contribution in [0.3, 0.4) is 0 Å². The Morgan fingerprint density at radius 1 is 1.36 bits per heavy atom. The summed E-state index contributed by atoms with van der Waals surface area (Å²) in [5.74, 6) is -3.78. The largest absolute Gasteiger partial charge is 0.473 e. The van der Waals surface area contributed by atoms with Crippen LogP contribution >= 0.6 is 0 Å². The van der Waals surface area contributed by atoms with E-state index in [0.29, 0.717) is 13.0 Å². The summed E-state index contributed by atoms with van der Waals surface area (Å²) in [5, 5.41) is 23.6. The predicted octanol–water partition coefficient (Wildman–Crippen LogP) is 0.641. The molecule has 0 bridgehead atoms. The van der Waals surface area contributed by atoms with Gasteiger partial charge in [-0.2, -0.15) is 5.26 Å². The number of aliphatic carboxylic acids is 2. The van der Waals surface area contributed by atoms with Gasteiger partial charge in [-0.25, -0.2) is 9.59 Å². The number of carbonyl (C=O) groups excluding carboxylic acids is 1. The fourth-order valence-electron chi connectivity index (χ4n) is 1.76. The number of rotatable bonds is 5. The van der Waals surface area contributed by atoms with Crippen molar-refractivity contribution in [2.45, 2.75) is 26.2 Å². The Labute approximate surface area is 128 Å². The van der Waals surface area contributed by atoms with E-state index in [4.69, 9.17) is 29.8 Å². The Balaban J connectivity index is 0.000000626. The Kier molecular flexibility index (Phi) is 10.0. The zero-order valence-corrected chi connectivity index (χ0v) is 12.4. The number of nitriles is 1. The van der Waals surface area contributed by atoms with Crippen LogP contribution in [0.15, 0.2) is 11.6 Å². The van der Waals surface area contributed by atoms with Crippen molar-refractivity contribution in [1.82, 2.24) is 4.90 Å². The molecule has 0 amide bonds. The molecular weight excluding hydrogens is 292 g/mol. The molecule has 2 N–H and O–H groups in total. The second kappa shape index (κ2) is 11.3. The molecule has 0 saturated carbocycles. The molecule has 0 fully saturated rings. The molecule has 1 aliphatic rings. The first kappa shape index (κ1) is 19.6. The maximum absolute atomic E-state index is 11.1. The zero-order chi connectivity index (χ0) is 17.0. The molecule has 0 saturated heterocycles. The van der Waals surface area contributed by atoms with Crippen molar-refractivity contribution in [2.75, 3.05) is 26.2 Å². The van der Waals surface area contributed by atoms with Crippen LogP contribution in [0.2, 0.25) is 0 Å². The van der Waals surface area contributed by atoms with Crippen molar-refractivity contribution in [3.8, 4) is 6.07 Å². The fourth-order valence-corrected chi connectivity index (χ4v) is 1.76. The van der Waals surface area contributed by atoms with Crippen molar-refractivity contribution in [2.24, 2.45) is 0 Å². The van der Waals surface area contributed by atoms with E-state index in [1.54, 1.807) is 0 Å². The summed E-state index contributed by atoms with van der Waals surface area (Å²) in [5.41, 5.74) is 0.836. The Morgan fingerprint density at radius 3 is 2.50 bits per heavy atom. The van der Waals surface area contributed by atoms with Crippen molar-refractivity contribution in [3.05, 3.63) is 11.6 Å². The number of nitrogens with zero attached hydrogens (tertiary/aromatic N) is 2. The third-order valence-electron chi connectivity index (χ3n) is 2.72. The normalized spacial score (nSPS) is 13.9. The van der Waals surface area contributed by atoms with Crippen LogP contribution in [0.25, 0.3) is 0 Å². The number of ether oxygens (including phenoxy) is 1. The fraction of sp³-hybridized carbons (Fsp3) is 0.571. The Hall–Kier alpha value is -2.40. The monoisotopic (exact) mass is 312 g/mol. The molecule has 0 atom stereocenters. The van der Waals surface area contributed by atoms with Crippen molar-refractivity contribution < 1.29 is 29.3 Å². The Bertz CT molecular complexity index is 454. The minimum atomic E-state index is -1.82. The molecule has 1 aliphatic heterocycles. The SMILES string of the molecule is CCOC(=O)CCCN1CCC=C(C#N)C1.O=C(O)C(=O)O. The van der Waals surface area contributed by atoms with E-state index in [-0.39, 0.29) is 5.97 Å². The molecule has 1 rings (SSSR count). The van der Waals surface area contributed by atoms with Crippen LogP contribution in [0.5, 0.6) is 0 Å². The van der Waals surface area contributed by atoms with E-state index in [9.17, 15) is 4.79 Å². The third kappa shape index (κ3) is 9.50. The Morgan fingerprint density at radius 2 is 2.00 bits per heavy atom. The van der Waals surface area contributed by atoms with E-state index >= 15 is 0 Å². The summed E-state index contributed by atoms with van der Waals surface area (Å²) >= 11 is 0. The maximum Gasteiger partial charge on any atom is 0.414 e. The van der Waals surface area contributed by atoms with E-state index in [1.807, 2.05) is 13.0 Å². The summed E-state index contributed by atoms with van der Waals surface area (Å²) in [4.78, 5) is 31.5. The van der Waals surface area contributed by atoms with Gasteiger partial charge in [-0.1, -0.05) is 6.08 Å². The number of hydrogen-bond acceptors (Lipinski definition) is 6. The van der Waals surface area contributed by atoms with E-state index in [2.05, 4.69) is 11.0 Å². The molecule has 0 spiro atoms. The number of carboxylic acids is 2. The minimum Gasteiger partial charge on any atom is -0.473 e. The van der Waals surface area contributed by atoms with Crippen LogP contribution in [0.4, 0.5) is 0 Å². The van der Waals surface area contributed by atoms with Crippen LogP contribution < -0.4 is 0 Å². The predicted molar refractivity (Wildman–Crippen MR) is 75.9 cm³/mol. The molecule has 0 aromatic carbocycles. The van der Waals surface area contributed by atoms with Gasteiger partial charge in [-0.3, -0.25) is 9.69 Å². The van der Waals surface area contributed by atoms with Gasteiger partial charge in [0.25, 0.3) is 0 Å². The molecule has 0 aromatic heterocycles. The van der Waals surface area contributed by atoms with Gasteiger partial charge in [0.15, 0.2) is 0 Å². The first-order valence-corrected chi connectivity index (χ1v) is 6.84. The smallest absolute Gasteiger partial charge is 0.414 e. The van der Waals surface area contributed by atoms with Crippen LogP contribution in [0.1, 0.15) is 26.2 Å². The first-order chi connectivity index (χ1) is 10.4.